The number of rotatable bonds is 9. The number of esters is 1. The lowest BCUT2D eigenvalue weighted by atomic mass is 9.93. The van der Waals surface area contributed by atoms with Crippen molar-refractivity contribution in [3.05, 3.63) is 90.4 Å². The lowest BCUT2D eigenvalue weighted by molar-refractivity contribution is -0.149. The minimum atomic E-state index is -3.58. The smallest absolute Gasteiger partial charge is 0.311 e. The fourth-order valence-electron chi connectivity index (χ4n) is 5.32. The van der Waals surface area contributed by atoms with Crippen LogP contribution in [0.2, 0.25) is 0 Å². The number of nitrogens with zero attached hydrogens (tertiary/aromatic N) is 2. The molecule has 1 fully saturated rings. The van der Waals surface area contributed by atoms with Gasteiger partial charge in [0.1, 0.15) is 5.82 Å². The molecule has 0 bridgehead atoms. The van der Waals surface area contributed by atoms with Crippen molar-refractivity contribution in [1.82, 2.24) is 9.88 Å². The lowest BCUT2D eigenvalue weighted by Crippen LogP contribution is -2.38. The molecule has 1 aromatic heterocycles. The van der Waals surface area contributed by atoms with Crippen LogP contribution in [0.4, 0.5) is 15.9 Å². The second-order valence-corrected chi connectivity index (χ2v) is 12.5. The Balaban J connectivity index is 0.000000466. The van der Waals surface area contributed by atoms with E-state index in [-0.39, 0.29) is 41.3 Å². The number of hydrogen-bond donors (Lipinski definition) is 2. The van der Waals surface area contributed by atoms with Gasteiger partial charge in [0, 0.05) is 23.8 Å². The number of pyridine rings is 1. The predicted octanol–water partition coefficient (Wildman–Crippen LogP) is 5.26. The summed E-state index contributed by atoms with van der Waals surface area (Å²) in [6, 6.07) is 19.5. The zero-order valence-corrected chi connectivity index (χ0v) is 27.4. The van der Waals surface area contributed by atoms with Crippen LogP contribution in [0.5, 0.6) is 5.75 Å². The predicted molar refractivity (Wildman–Crippen MR) is 181 cm³/mol. The molecule has 10 nitrogen and oxygen atoms in total. The van der Waals surface area contributed by atoms with Gasteiger partial charge in [0.05, 0.1) is 42.9 Å². The number of terminal acetylenes is 1. The average molecular weight is 663 g/mol. The van der Waals surface area contributed by atoms with Gasteiger partial charge in [-0.05, 0) is 66.8 Å². The Morgan fingerprint density at radius 3 is 2.43 bits per heavy atom. The van der Waals surface area contributed by atoms with E-state index in [0.717, 1.165) is 16.5 Å². The fraction of sp³-hybridized carbons (Fsp3) is 0.286. The second-order valence-electron chi connectivity index (χ2n) is 10.2. The van der Waals surface area contributed by atoms with Crippen molar-refractivity contribution < 1.29 is 31.9 Å². The molecular weight excluding hydrogens is 623 g/mol. The number of sulfone groups is 1. The van der Waals surface area contributed by atoms with Gasteiger partial charge < -0.3 is 25.4 Å². The maximum Gasteiger partial charge on any atom is 0.311 e. The molecule has 0 saturated carbocycles. The molecule has 0 spiro atoms. The third kappa shape index (κ3) is 8.77. The summed E-state index contributed by atoms with van der Waals surface area (Å²) < 4.78 is 48.1. The first kappa shape index (κ1) is 36.3. The molecule has 3 N–H and O–H groups in total. The fourth-order valence-corrected chi connectivity index (χ4v) is 6.46. The summed E-state index contributed by atoms with van der Waals surface area (Å²) in [7, 11) is -2.13. The summed E-state index contributed by atoms with van der Waals surface area (Å²) >= 11 is 0. The summed E-state index contributed by atoms with van der Waals surface area (Å²) in [5.74, 6) is -1.02. The Morgan fingerprint density at radius 2 is 1.77 bits per heavy atom. The highest BCUT2D eigenvalue weighted by Crippen LogP contribution is 2.41. The Labute approximate surface area is 275 Å². The number of halogens is 1. The minimum Gasteiger partial charge on any atom is -0.494 e. The summed E-state index contributed by atoms with van der Waals surface area (Å²) in [4.78, 5) is 32.0. The number of para-hydroxylation sites is 1. The van der Waals surface area contributed by atoms with E-state index in [0.29, 0.717) is 24.3 Å². The number of hydrogen-bond acceptors (Lipinski definition) is 9. The number of benzene rings is 3. The number of nitrogens with one attached hydrogen (secondary N) is 1. The first-order chi connectivity index (χ1) is 22.6. The zero-order chi connectivity index (χ0) is 34.6. The van der Waals surface area contributed by atoms with Crippen LogP contribution >= 0.6 is 0 Å². The Kier molecular flexibility index (Phi) is 13.1. The van der Waals surface area contributed by atoms with Crippen molar-refractivity contribution in [2.45, 2.75) is 31.2 Å². The topological polar surface area (TPSA) is 141 Å². The van der Waals surface area contributed by atoms with Crippen LogP contribution in [-0.4, -0.2) is 62.7 Å². The number of likely N-dealkylation sites (tertiary alicyclic amines) is 1. The monoisotopic (exact) mass is 662 g/mol. The zero-order valence-electron chi connectivity index (χ0n) is 26.6. The SMILES string of the molecule is C#C.CCOC(=O)[C@H]1CCN(C(=O)CNc2ccc3c(N)nccc3c2)[C@H]1c1ccccc1S(=O)(=O)CC.COc1ccccc1F. The number of methoxy groups -OCH3 is 1. The number of fused-ring (bicyclic) bond motifs is 1. The number of carbonyl (C=O) groups is 2. The van der Waals surface area contributed by atoms with Crippen molar-refractivity contribution in [3.8, 4) is 18.6 Å². The van der Waals surface area contributed by atoms with Crippen molar-refractivity contribution >= 4 is 44.0 Å². The van der Waals surface area contributed by atoms with E-state index in [1.54, 1.807) is 61.3 Å². The molecule has 0 radical (unpaired) electrons. The third-order valence-electron chi connectivity index (χ3n) is 7.56. The summed E-state index contributed by atoms with van der Waals surface area (Å²) in [6.45, 7) is 3.78. The molecule has 1 aliphatic heterocycles. The van der Waals surface area contributed by atoms with Crippen molar-refractivity contribution in [2.24, 2.45) is 5.92 Å². The Bertz CT molecular complexity index is 1810. The number of nitrogens with two attached hydrogens (primary N) is 1. The normalized spacial score (nSPS) is 15.4. The van der Waals surface area contributed by atoms with Gasteiger partial charge in [-0.15, -0.1) is 12.8 Å². The van der Waals surface area contributed by atoms with Crippen LogP contribution in [0.25, 0.3) is 10.8 Å². The van der Waals surface area contributed by atoms with Crippen LogP contribution in [-0.2, 0) is 24.2 Å². The molecule has 1 saturated heterocycles. The summed E-state index contributed by atoms with van der Waals surface area (Å²) in [6.07, 6.45) is 10.0. The molecule has 248 valence electrons. The van der Waals surface area contributed by atoms with Gasteiger partial charge in [-0.3, -0.25) is 9.59 Å². The number of nitrogen functional groups attached to an aromatic ring is 1. The van der Waals surface area contributed by atoms with Gasteiger partial charge in [-0.2, -0.15) is 0 Å². The Hall–Kier alpha value is -5.15. The van der Waals surface area contributed by atoms with Crippen LogP contribution in [0.1, 0.15) is 31.9 Å². The standard InChI is InChI=1S/C26H30N4O5S.C7H7FO.C2H2/c1-3-35-26(32)21-12-14-30(24(21)20-7-5-6-8-22(20)36(33,34)4-2)23(31)16-29-18-9-10-19-17(15-18)11-13-28-25(19)27;1-9-7-5-3-2-4-6(7)8;1-2/h5-11,13,15,21,24,29H,3-4,12,14,16H2,1-2H3,(H2,27,28);2-5H,1H3;1-2H/t21-,24-;;/m0../s1. The molecule has 3 aromatic carbocycles. The molecular formula is C35H39FN4O6S. The van der Waals surface area contributed by atoms with E-state index < -0.39 is 27.8 Å². The van der Waals surface area contributed by atoms with Gasteiger partial charge in [0.2, 0.25) is 5.91 Å². The summed E-state index contributed by atoms with van der Waals surface area (Å²) in [5.41, 5.74) is 7.09. The van der Waals surface area contributed by atoms with E-state index in [9.17, 15) is 22.4 Å². The molecule has 4 aromatic rings. The lowest BCUT2D eigenvalue weighted by Gasteiger charge is -2.29. The number of ether oxygens (including phenoxy) is 2. The van der Waals surface area contributed by atoms with Crippen LogP contribution in [0, 0.1) is 24.6 Å². The molecule has 2 atom stereocenters. The Morgan fingerprint density at radius 1 is 1.06 bits per heavy atom. The molecule has 12 heteroatoms. The van der Waals surface area contributed by atoms with Crippen molar-refractivity contribution in [1.29, 1.82) is 0 Å². The highest BCUT2D eigenvalue weighted by Gasteiger charge is 2.44. The largest absolute Gasteiger partial charge is 0.494 e. The maximum atomic E-state index is 13.4. The van der Waals surface area contributed by atoms with Gasteiger partial charge in [0.25, 0.3) is 0 Å². The second kappa shape index (κ2) is 17.0. The highest BCUT2D eigenvalue weighted by molar-refractivity contribution is 7.91. The molecule has 2 heterocycles. The number of aromatic nitrogens is 1. The molecule has 47 heavy (non-hydrogen) atoms. The van der Waals surface area contributed by atoms with Gasteiger partial charge in [0.15, 0.2) is 21.4 Å². The first-order valence-electron chi connectivity index (χ1n) is 14.9. The van der Waals surface area contributed by atoms with E-state index in [2.05, 4.69) is 27.9 Å². The van der Waals surface area contributed by atoms with Crippen molar-refractivity contribution in [2.75, 3.05) is 43.6 Å². The van der Waals surface area contributed by atoms with Crippen LogP contribution in [0.3, 0.4) is 0 Å². The van der Waals surface area contributed by atoms with E-state index in [1.807, 2.05) is 24.3 Å². The molecule has 0 aliphatic carbocycles. The first-order valence-corrected chi connectivity index (χ1v) is 16.5. The molecule has 1 amide bonds. The van der Waals surface area contributed by atoms with Crippen LogP contribution in [0.15, 0.2) is 83.9 Å². The van der Waals surface area contributed by atoms with Gasteiger partial charge >= 0.3 is 5.97 Å². The van der Waals surface area contributed by atoms with Crippen LogP contribution < -0.4 is 15.8 Å². The van der Waals surface area contributed by atoms with E-state index in [1.165, 1.54) is 19.2 Å². The van der Waals surface area contributed by atoms with E-state index in [4.69, 9.17) is 10.5 Å². The summed E-state index contributed by atoms with van der Waals surface area (Å²) in [5, 5.41) is 4.85. The van der Waals surface area contributed by atoms with Crippen molar-refractivity contribution in [3.63, 3.8) is 0 Å². The van der Waals surface area contributed by atoms with E-state index >= 15 is 0 Å². The van der Waals surface area contributed by atoms with Gasteiger partial charge in [-0.1, -0.05) is 37.3 Å². The highest BCUT2D eigenvalue weighted by atomic mass is 32.2. The number of carbonyl (C=O) groups excluding carboxylic acids is 2. The maximum absolute atomic E-state index is 13.4. The molecule has 5 rings (SSSR count). The number of amides is 1. The molecule has 0 unspecified atom stereocenters. The number of anilines is 2. The third-order valence-corrected chi connectivity index (χ3v) is 9.36. The minimum absolute atomic E-state index is 0.0270. The van der Waals surface area contributed by atoms with Gasteiger partial charge in [-0.25, -0.2) is 17.8 Å². The average Bonchev–Trinajstić information content (AvgIpc) is 3.54. The quantitative estimate of drug-likeness (QED) is 0.181. The molecule has 1 aliphatic rings.